The lowest BCUT2D eigenvalue weighted by Crippen LogP contribution is -2.16. The van der Waals surface area contributed by atoms with Crippen molar-refractivity contribution in [1.82, 2.24) is 4.98 Å². The van der Waals surface area contributed by atoms with Gasteiger partial charge in [0.25, 0.3) is 0 Å². The third kappa shape index (κ3) is 2.48. The second-order valence-electron chi connectivity index (χ2n) is 3.73. The van der Waals surface area contributed by atoms with Crippen LogP contribution in [0, 0.1) is 18.3 Å². The van der Waals surface area contributed by atoms with Gasteiger partial charge in [0.2, 0.25) is 0 Å². The number of aryl methyl sites for hydroxylation is 1. The molecule has 84 valence electrons. The molecule has 0 amide bonds. The Balaban J connectivity index is 3.31. The molecule has 1 heterocycles. The van der Waals surface area contributed by atoms with Crippen LogP contribution in [0.3, 0.4) is 0 Å². The highest BCUT2D eigenvalue weighted by Crippen LogP contribution is 2.17. The molecule has 5 nitrogen and oxygen atoms in total. The largest absolute Gasteiger partial charge is 0.478 e. The molecule has 16 heavy (non-hydrogen) atoms. The van der Waals surface area contributed by atoms with E-state index in [-0.39, 0.29) is 17.2 Å². The smallest absolute Gasteiger partial charge is 0.339 e. The Morgan fingerprint density at radius 2 is 2.25 bits per heavy atom. The second-order valence-corrected chi connectivity index (χ2v) is 3.73. The maximum atomic E-state index is 11.0. The predicted octanol–water partition coefficient (Wildman–Crippen LogP) is 1.78. The molecule has 1 rings (SSSR count). The minimum absolute atomic E-state index is 0.0239. The highest BCUT2D eigenvalue weighted by Gasteiger charge is 2.15. The molecule has 0 aliphatic carbocycles. The van der Waals surface area contributed by atoms with Crippen molar-refractivity contribution >= 4 is 11.8 Å². The van der Waals surface area contributed by atoms with Crippen molar-refractivity contribution in [2.75, 3.05) is 5.32 Å². The van der Waals surface area contributed by atoms with Gasteiger partial charge in [0.15, 0.2) is 0 Å². The van der Waals surface area contributed by atoms with E-state index in [2.05, 4.69) is 10.3 Å². The van der Waals surface area contributed by atoms with Crippen LogP contribution in [0.5, 0.6) is 0 Å². The number of nitriles is 1. The van der Waals surface area contributed by atoms with Crippen molar-refractivity contribution in [3.63, 3.8) is 0 Å². The van der Waals surface area contributed by atoms with Crippen molar-refractivity contribution in [1.29, 1.82) is 5.26 Å². The first kappa shape index (κ1) is 12.0. The summed E-state index contributed by atoms with van der Waals surface area (Å²) >= 11 is 0. The molecular weight excluding hydrogens is 206 g/mol. The van der Waals surface area contributed by atoms with Gasteiger partial charge in [-0.2, -0.15) is 5.26 Å². The van der Waals surface area contributed by atoms with E-state index in [4.69, 9.17) is 10.4 Å². The van der Waals surface area contributed by atoms with Crippen LogP contribution in [0.15, 0.2) is 6.07 Å². The van der Waals surface area contributed by atoms with Crippen LogP contribution in [0.2, 0.25) is 0 Å². The van der Waals surface area contributed by atoms with Crippen LogP contribution in [0.4, 0.5) is 5.82 Å². The fourth-order valence-corrected chi connectivity index (χ4v) is 1.26. The number of carbonyl (C=O) groups is 1. The molecule has 0 unspecified atom stereocenters. The maximum Gasteiger partial charge on any atom is 0.339 e. The summed E-state index contributed by atoms with van der Waals surface area (Å²) in [5.41, 5.74) is 0.832. The van der Waals surface area contributed by atoms with E-state index < -0.39 is 5.97 Å². The zero-order valence-corrected chi connectivity index (χ0v) is 9.40. The van der Waals surface area contributed by atoms with Crippen LogP contribution >= 0.6 is 0 Å². The summed E-state index contributed by atoms with van der Waals surface area (Å²) in [6.45, 7) is 5.46. The van der Waals surface area contributed by atoms with E-state index in [1.165, 1.54) is 6.07 Å². The second kappa shape index (κ2) is 4.62. The molecule has 1 aromatic heterocycles. The molecule has 0 saturated heterocycles. The molecule has 2 N–H and O–H groups in total. The van der Waals surface area contributed by atoms with E-state index >= 15 is 0 Å². The Bertz CT molecular complexity index is 461. The Labute approximate surface area is 93.7 Å². The summed E-state index contributed by atoms with van der Waals surface area (Å²) in [5, 5.41) is 20.7. The molecule has 0 saturated carbocycles. The zero-order chi connectivity index (χ0) is 12.3. The van der Waals surface area contributed by atoms with Gasteiger partial charge in [0.1, 0.15) is 17.5 Å². The first-order valence-electron chi connectivity index (χ1n) is 4.87. The van der Waals surface area contributed by atoms with E-state index in [1.54, 1.807) is 6.92 Å². The summed E-state index contributed by atoms with van der Waals surface area (Å²) in [6.07, 6.45) is 0. The van der Waals surface area contributed by atoms with Gasteiger partial charge in [0, 0.05) is 6.04 Å². The summed E-state index contributed by atoms with van der Waals surface area (Å²) in [6, 6.07) is 3.34. The topological polar surface area (TPSA) is 86.0 Å². The Morgan fingerprint density at radius 1 is 1.62 bits per heavy atom. The molecule has 5 heteroatoms. The molecule has 0 aliphatic heterocycles. The van der Waals surface area contributed by atoms with Crippen molar-refractivity contribution in [3.8, 4) is 6.07 Å². The van der Waals surface area contributed by atoms with Gasteiger partial charge in [-0.15, -0.1) is 0 Å². The molecule has 0 fully saturated rings. The molecule has 0 bridgehead atoms. The third-order valence-corrected chi connectivity index (χ3v) is 1.99. The molecular formula is C11H13N3O2. The summed E-state index contributed by atoms with van der Waals surface area (Å²) < 4.78 is 0. The van der Waals surface area contributed by atoms with Gasteiger partial charge in [0.05, 0.1) is 11.3 Å². The minimum atomic E-state index is -1.09. The van der Waals surface area contributed by atoms with Crippen LogP contribution in [-0.2, 0) is 0 Å². The van der Waals surface area contributed by atoms with E-state index in [0.717, 1.165) is 0 Å². The summed E-state index contributed by atoms with van der Waals surface area (Å²) in [5.74, 6) is -0.786. The third-order valence-electron chi connectivity index (χ3n) is 1.99. The fraction of sp³-hybridized carbons (Fsp3) is 0.364. The number of rotatable bonds is 3. The van der Waals surface area contributed by atoms with Crippen molar-refractivity contribution < 1.29 is 9.90 Å². The molecule has 0 atom stereocenters. The number of pyridine rings is 1. The van der Waals surface area contributed by atoms with Crippen LogP contribution in [-0.4, -0.2) is 22.1 Å². The fourth-order valence-electron chi connectivity index (χ4n) is 1.26. The van der Waals surface area contributed by atoms with Crippen molar-refractivity contribution in [2.45, 2.75) is 26.8 Å². The number of hydrogen-bond acceptors (Lipinski definition) is 4. The summed E-state index contributed by atoms with van der Waals surface area (Å²) in [4.78, 5) is 15.1. The highest BCUT2D eigenvalue weighted by atomic mass is 16.4. The zero-order valence-electron chi connectivity index (χ0n) is 9.40. The van der Waals surface area contributed by atoms with Gasteiger partial charge >= 0.3 is 5.97 Å². The number of nitrogens with zero attached hydrogens (tertiary/aromatic N) is 2. The number of carboxylic acid groups (broad SMARTS) is 1. The van der Waals surface area contributed by atoms with Gasteiger partial charge < -0.3 is 10.4 Å². The van der Waals surface area contributed by atoms with Gasteiger partial charge in [-0.05, 0) is 26.8 Å². The molecule has 0 aromatic carbocycles. The standard InChI is InChI=1S/C11H13N3O2/c1-6(2)13-10-9(11(15)16)4-8(5-12)7(3)14-10/h4,6H,1-3H3,(H,13,14)(H,15,16). The number of aromatic nitrogens is 1. The quantitative estimate of drug-likeness (QED) is 0.809. The lowest BCUT2D eigenvalue weighted by atomic mass is 10.1. The number of nitrogens with one attached hydrogen (secondary N) is 1. The predicted molar refractivity (Wildman–Crippen MR) is 59.4 cm³/mol. The molecule has 0 spiro atoms. The van der Waals surface area contributed by atoms with E-state index in [9.17, 15) is 4.79 Å². The van der Waals surface area contributed by atoms with Crippen LogP contribution < -0.4 is 5.32 Å². The summed E-state index contributed by atoms with van der Waals surface area (Å²) in [7, 11) is 0. The van der Waals surface area contributed by atoms with Crippen molar-refractivity contribution in [3.05, 3.63) is 22.9 Å². The lowest BCUT2D eigenvalue weighted by molar-refractivity contribution is 0.0697. The van der Waals surface area contributed by atoms with E-state index in [1.807, 2.05) is 19.9 Å². The van der Waals surface area contributed by atoms with Crippen LogP contribution in [0.1, 0.15) is 35.5 Å². The van der Waals surface area contributed by atoms with E-state index in [0.29, 0.717) is 11.5 Å². The molecule has 0 aliphatic rings. The number of carboxylic acids is 1. The minimum Gasteiger partial charge on any atom is -0.478 e. The van der Waals surface area contributed by atoms with Crippen LogP contribution in [0.25, 0.3) is 0 Å². The average Bonchev–Trinajstić information content (AvgIpc) is 2.16. The SMILES string of the molecule is Cc1nc(NC(C)C)c(C(=O)O)cc1C#N. The molecule has 1 aromatic rings. The first-order valence-corrected chi connectivity index (χ1v) is 4.87. The van der Waals surface area contributed by atoms with Crippen molar-refractivity contribution in [2.24, 2.45) is 0 Å². The number of aromatic carboxylic acids is 1. The van der Waals surface area contributed by atoms with Gasteiger partial charge in [-0.1, -0.05) is 0 Å². The Hall–Kier alpha value is -2.09. The highest BCUT2D eigenvalue weighted by molar-refractivity contribution is 5.93. The first-order chi connectivity index (χ1) is 7.45. The normalized spacial score (nSPS) is 9.94. The van der Waals surface area contributed by atoms with Gasteiger partial charge in [-0.3, -0.25) is 0 Å². The van der Waals surface area contributed by atoms with Gasteiger partial charge in [-0.25, -0.2) is 9.78 Å². The number of hydrogen-bond donors (Lipinski definition) is 2. The molecule has 0 radical (unpaired) electrons. The number of anilines is 1. The Kier molecular flexibility index (Phi) is 3.46. The Morgan fingerprint density at radius 3 is 2.69 bits per heavy atom. The maximum absolute atomic E-state index is 11.0. The average molecular weight is 219 g/mol. The monoisotopic (exact) mass is 219 g/mol. The lowest BCUT2D eigenvalue weighted by Gasteiger charge is -2.12.